The number of carbonyl (C=O) groups excluding carboxylic acids is 1. The highest BCUT2D eigenvalue weighted by molar-refractivity contribution is 7.99. The van der Waals surface area contributed by atoms with Crippen LogP contribution in [0.25, 0.3) is 0 Å². The number of aryl methyl sites for hydroxylation is 1. The van der Waals surface area contributed by atoms with E-state index in [0.717, 1.165) is 46.6 Å². The zero-order valence-corrected chi connectivity index (χ0v) is 21.0. The summed E-state index contributed by atoms with van der Waals surface area (Å²) in [6, 6.07) is 8.04. The van der Waals surface area contributed by atoms with Crippen LogP contribution in [0.5, 0.6) is 0 Å². The van der Waals surface area contributed by atoms with Gasteiger partial charge in [0.15, 0.2) is 10.3 Å². The van der Waals surface area contributed by atoms with Gasteiger partial charge in [-0.2, -0.15) is 15.0 Å². The molecule has 1 aliphatic heterocycles. The Balaban J connectivity index is 1.55. The Labute approximate surface area is 202 Å². The van der Waals surface area contributed by atoms with Crippen molar-refractivity contribution in [3.63, 3.8) is 0 Å². The van der Waals surface area contributed by atoms with Crippen LogP contribution in [0.15, 0.2) is 40.5 Å². The summed E-state index contributed by atoms with van der Waals surface area (Å²) in [5, 5.41) is 4.63. The second kappa shape index (κ2) is 10.6. The second-order valence-corrected chi connectivity index (χ2v) is 10.8. The van der Waals surface area contributed by atoms with Crippen LogP contribution in [0.2, 0.25) is 0 Å². The van der Waals surface area contributed by atoms with Crippen molar-refractivity contribution in [1.29, 1.82) is 0 Å². The normalized spacial score (nSPS) is 14.6. The molecule has 33 heavy (non-hydrogen) atoms. The summed E-state index contributed by atoms with van der Waals surface area (Å²) in [4.78, 5) is 37.1. The minimum absolute atomic E-state index is 0.0461. The summed E-state index contributed by atoms with van der Waals surface area (Å²) in [6.45, 7) is 9.58. The quantitative estimate of drug-likeness (QED) is 0.510. The first kappa shape index (κ1) is 23.6. The molecule has 1 aromatic carbocycles. The summed E-state index contributed by atoms with van der Waals surface area (Å²) in [6.07, 6.45) is 2.29. The fraction of sp³-hybridized carbons (Fsp3) is 0.435. The third-order valence-electron chi connectivity index (χ3n) is 5.38. The number of anilines is 3. The van der Waals surface area contributed by atoms with Crippen LogP contribution in [0, 0.1) is 12.8 Å². The molecule has 3 aromatic rings. The van der Waals surface area contributed by atoms with E-state index in [4.69, 9.17) is 4.98 Å². The standard InChI is InChI=1S/C23H29N7OS2/c1-15(2)19(31)13-17-5-7-18(8-6-17)33-23-27-20(26-22-24-14-16(3)32-22)25-21(28-23)30-11-9-29(4)10-12-30/h5-8,14-15H,9-13H2,1-4H3,(H,24,25,26,27,28). The molecule has 174 valence electrons. The predicted molar refractivity (Wildman–Crippen MR) is 134 cm³/mol. The van der Waals surface area contributed by atoms with Gasteiger partial charge in [-0.3, -0.25) is 10.1 Å². The number of carbonyl (C=O) groups is 1. The largest absolute Gasteiger partial charge is 0.338 e. The number of aromatic nitrogens is 4. The van der Waals surface area contributed by atoms with E-state index in [9.17, 15) is 4.79 Å². The summed E-state index contributed by atoms with van der Waals surface area (Å²) in [7, 11) is 2.13. The first-order valence-electron chi connectivity index (χ1n) is 11.0. The maximum absolute atomic E-state index is 12.0. The number of nitrogens with zero attached hydrogens (tertiary/aromatic N) is 6. The van der Waals surface area contributed by atoms with Gasteiger partial charge in [-0.1, -0.05) is 26.0 Å². The maximum atomic E-state index is 12.0. The van der Waals surface area contributed by atoms with Gasteiger partial charge in [0.25, 0.3) is 0 Å². The third kappa shape index (κ3) is 6.49. The van der Waals surface area contributed by atoms with Crippen molar-refractivity contribution in [3.05, 3.63) is 40.9 Å². The topological polar surface area (TPSA) is 87.1 Å². The van der Waals surface area contributed by atoms with Gasteiger partial charge < -0.3 is 9.80 Å². The lowest BCUT2D eigenvalue weighted by Crippen LogP contribution is -2.45. The van der Waals surface area contributed by atoms with Gasteiger partial charge in [0.05, 0.1) is 0 Å². The van der Waals surface area contributed by atoms with Crippen molar-refractivity contribution < 1.29 is 4.79 Å². The predicted octanol–water partition coefficient (Wildman–Crippen LogP) is 4.05. The monoisotopic (exact) mass is 483 g/mol. The molecule has 0 spiro atoms. The van der Waals surface area contributed by atoms with Crippen molar-refractivity contribution in [3.8, 4) is 0 Å². The molecule has 0 unspecified atom stereocenters. The molecule has 8 nitrogen and oxygen atoms in total. The molecule has 10 heteroatoms. The van der Waals surface area contributed by atoms with Crippen molar-refractivity contribution in [2.45, 2.75) is 37.2 Å². The lowest BCUT2D eigenvalue weighted by molar-refractivity contribution is -0.121. The summed E-state index contributed by atoms with van der Waals surface area (Å²) >= 11 is 3.05. The van der Waals surface area contributed by atoms with Gasteiger partial charge in [0.2, 0.25) is 11.9 Å². The highest BCUT2D eigenvalue weighted by atomic mass is 32.2. The average Bonchev–Trinajstić information content (AvgIpc) is 3.19. The Kier molecular flexibility index (Phi) is 7.56. The van der Waals surface area contributed by atoms with Crippen LogP contribution in [0.3, 0.4) is 0 Å². The number of rotatable bonds is 8. The lowest BCUT2D eigenvalue weighted by atomic mass is 10.0. The smallest absolute Gasteiger partial charge is 0.234 e. The second-order valence-electron chi connectivity index (χ2n) is 8.48. The van der Waals surface area contributed by atoms with Gasteiger partial charge in [0, 0.05) is 54.5 Å². The van der Waals surface area contributed by atoms with Crippen LogP contribution in [0.1, 0.15) is 24.3 Å². The van der Waals surface area contributed by atoms with E-state index in [2.05, 4.69) is 37.1 Å². The third-order valence-corrected chi connectivity index (χ3v) is 7.09. The van der Waals surface area contributed by atoms with Crippen molar-refractivity contribution in [1.82, 2.24) is 24.8 Å². The Bertz CT molecular complexity index is 1090. The van der Waals surface area contributed by atoms with Gasteiger partial charge in [0.1, 0.15) is 5.78 Å². The van der Waals surface area contributed by atoms with E-state index in [0.29, 0.717) is 23.5 Å². The Hall–Kier alpha value is -2.56. The number of benzene rings is 1. The Morgan fingerprint density at radius 3 is 2.48 bits per heavy atom. The SMILES string of the molecule is Cc1cnc(Nc2nc(Sc3ccc(CC(=O)C(C)C)cc3)nc(N3CCN(C)CC3)n2)s1. The van der Waals surface area contributed by atoms with E-state index in [-0.39, 0.29) is 11.7 Å². The number of hydrogen-bond acceptors (Lipinski definition) is 10. The minimum Gasteiger partial charge on any atom is -0.338 e. The summed E-state index contributed by atoms with van der Waals surface area (Å²) in [5.74, 6) is 1.47. The molecule has 1 saturated heterocycles. The lowest BCUT2D eigenvalue weighted by Gasteiger charge is -2.32. The molecular formula is C23H29N7OS2. The molecule has 2 aromatic heterocycles. The van der Waals surface area contributed by atoms with Gasteiger partial charge in [-0.15, -0.1) is 11.3 Å². The highest BCUT2D eigenvalue weighted by Gasteiger charge is 2.19. The van der Waals surface area contributed by atoms with Gasteiger partial charge >= 0.3 is 0 Å². The molecule has 1 fully saturated rings. The number of likely N-dealkylation sites (N-methyl/N-ethyl adjacent to an activating group) is 1. The summed E-state index contributed by atoms with van der Waals surface area (Å²) < 4.78 is 0. The van der Waals surface area contributed by atoms with Crippen molar-refractivity contribution >= 4 is 45.9 Å². The highest BCUT2D eigenvalue weighted by Crippen LogP contribution is 2.29. The van der Waals surface area contributed by atoms with Crippen LogP contribution < -0.4 is 10.2 Å². The molecule has 0 saturated carbocycles. The van der Waals surface area contributed by atoms with Crippen molar-refractivity contribution in [2.24, 2.45) is 5.92 Å². The zero-order chi connectivity index (χ0) is 23.4. The number of thiazole rings is 1. The number of Topliss-reactive ketones (excluding diaryl/α,β-unsaturated/α-hetero) is 1. The number of nitrogens with one attached hydrogen (secondary N) is 1. The molecule has 0 bridgehead atoms. The van der Waals surface area contributed by atoms with E-state index in [1.165, 1.54) is 11.8 Å². The minimum atomic E-state index is 0.0461. The number of hydrogen-bond donors (Lipinski definition) is 1. The van der Waals surface area contributed by atoms with Crippen LogP contribution in [0.4, 0.5) is 17.0 Å². The molecule has 0 atom stereocenters. The van der Waals surface area contributed by atoms with E-state index < -0.39 is 0 Å². The molecular weight excluding hydrogens is 454 g/mol. The van der Waals surface area contributed by atoms with E-state index >= 15 is 0 Å². The Morgan fingerprint density at radius 1 is 1.12 bits per heavy atom. The Morgan fingerprint density at radius 2 is 1.85 bits per heavy atom. The molecule has 1 N–H and O–H groups in total. The molecule has 0 amide bonds. The van der Waals surface area contributed by atoms with Crippen LogP contribution >= 0.6 is 23.1 Å². The first-order valence-corrected chi connectivity index (χ1v) is 12.7. The molecule has 0 radical (unpaired) electrons. The van der Waals surface area contributed by atoms with Crippen molar-refractivity contribution in [2.75, 3.05) is 43.4 Å². The van der Waals surface area contributed by atoms with E-state index in [1.54, 1.807) is 11.3 Å². The van der Waals surface area contributed by atoms with E-state index in [1.807, 2.05) is 51.2 Å². The summed E-state index contributed by atoms with van der Waals surface area (Å²) in [5.41, 5.74) is 1.02. The van der Waals surface area contributed by atoms with Crippen LogP contribution in [-0.4, -0.2) is 63.8 Å². The van der Waals surface area contributed by atoms with Crippen LogP contribution in [-0.2, 0) is 11.2 Å². The molecule has 0 aliphatic carbocycles. The average molecular weight is 484 g/mol. The van der Waals surface area contributed by atoms with Gasteiger partial charge in [-0.05, 0) is 43.4 Å². The fourth-order valence-corrected chi connectivity index (χ4v) is 4.69. The molecule has 4 rings (SSSR count). The maximum Gasteiger partial charge on any atom is 0.234 e. The molecule has 3 heterocycles. The zero-order valence-electron chi connectivity index (χ0n) is 19.4. The molecule has 1 aliphatic rings. The number of piperazine rings is 1. The van der Waals surface area contributed by atoms with Gasteiger partial charge in [-0.25, -0.2) is 4.98 Å². The number of ketones is 1. The fourth-order valence-electron chi connectivity index (χ4n) is 3.29. The first-order chi connectivity index (χ1) is 15.9.